The van der Waals surface area contributed by atoms with Crippen molar-refractivity contribution in [3.05, 3.63) is 48.5 Å². The Bertz CT molecular complexity index is 835. The lowest BCUT2D eigenvalue weighted by atomic mass is 9.96. The van der Waals surface area contributed by atoms with Crippen LogP contribution in [0.1, 0.15) is 26.2 Å². The largest absolute Gasteiger partial charge is 0.497 e. The lowest BCUT2D eigenvalue weighted by molar-refractivity contribution is -0.121. The van der Waals surface area contributed by atoms with Gasteiger partial charge in [-0.3, -0.25) is 4.79 Å². The Morgan fingerprint density at radius 2 is 1.90 bits per heavy atom. The Morgan fingerprint density at radius 3 is 2.62 bits per heavy atom. The molecule has 1 saturated heterocycles. The van der Waals surface area contributed by atoms with Crippen LogP contribution >= 0.6 is 0 Å². The summed E-state index contributed by atoms with van der Waals surface area (Å²) in [4.78, 5) is 26.7. The van der Waals surface area contributed by atoms with Crippen molar-refractivity contribution >= 4 is 17.7 Å². The Labute approximate surface area is 171 Å². The third-order valence-electron chi connectivity index (χ3n) is 5.07. The molecule has 1 N–H and O–H groups in total. The number of likely N-dealkylation sites (tertiary alicyclic amines) is 1. The van der Waals surface area contributed by atoms with Gasteiger partial charge in [0.05, 0.1) is 19.6 Å². The van der Waals surface area contributed by atoms with E-state index in [2.05, 4.69) is 5.32 Å². The molecule has 0 saturated carbocycles. The molecule has 0 spiro atoms. The second-order valence-electron chi connectivity index (χ2n) is 7.16. The SMILES string of the molecule is CCCOC(=O)N1CCCC(C(=O)Nc2ccccc2-c2ccc(OC)cc2)C1. The number of nitrogens with zero attached hydrogens (tertiary/aromatic N) is 1. The minimum Gasteiger partial charge on any atom is -0.497 e. The maximum Gasteiger partial charge on any atom is 0.409 e. The second-order valence-corrected chi connectivity index (χ2v) is 7.16. The van der Waals surface area contributed by atoms with E-state index < -0.39 is 0 Å². The van der Waals surface area contributed by atoms with Crippen LogP contribution in [0.4, 0.5) is 10.5 Å². The number of piperidine rings is 1. The highest BCUT2D eigenvalue weighted by Crippen LogP contribution is 2.30. The van der Waals surface area contributed by atoms with E-state index in [0.29, 0.717) is 19.7 Å². The maximum atomic E-state index is 12.9. The van der Waals surface area contributed by atoms with Crippen LogP contribution < -0.4 is 10.1 Å². The molecule has 0 radical (unpaired) electrons. The number of benzene rings is 2. The minimum absolute atomic E-state index is 0.0704. The highest BCUT2D eigenvalue weighted by Gasteiger charge is 2.29. The molecule has 0 aromatic heterocycles. The van der Waals surface area contributed by atoms with Gasteiger partial charge < -0.3 is 19.7 Å². The first-order chi connectivity index (χ1) is 14.1. The first-order valence-corrected chi connectivity index (χ1v) is 10.1. The molecule has 1 heterocycles. The van der Waals surface area contributed by atoms with Crippen LogP contribution in [0.25, 0.3) is 11.1 Å². The number of rotatable bonds is 6. The zero-order chi connectivity index (χ0) is 20.6. The fourth-order valence-corrected chi connectivity index (χ4v) is 3.49. The summed E-state index contributed by atoms with van der Waals surface area (Å²) in [5, 5.41) is 3.06. The van der Waals surface area contributed by atoms with Crippen molar-refractivity contribution < 1.29 is 19.1 Å². The smallest absolute Gasteiger partial charge is 0.409 e. The van der Waals surface area contributed by atoms with Crippen molar-refractivity contribution in [3.8, 4) is 16.9 Å². The number of methoxy groups -OCH3 is 1. The summed E-state index contributed by atoms with van der Waals surface area (Å²) in [6.45, 7) is 3.38. The molecule has 1 aliphatic rings. The number of hydrogen-bond donors (Lipinski definition) is 1. The topological polar surface area (TPSA) is 67.9 Å². The molecule has 6 heteroatoms. The molecule has 1 atom stereocenters. The van der Waals surface area contributed by atoms with Crippen molar-refractivity contribution in [2.24, 2.45) is 5.92 Å². The number of hydrogen-bond acceptors (Lipinski definition) is 4. The summed E-state index contributed by atoms with van der Waals surface area (Å²) >= 11 is 0. The third kappa shape index (κ3) is 5.28. The summed E-state index contributed by atoms with van der Waals surface area (Å²) in [7, 11) is 1.63. The van der Waals surface area contributed by atoms with Gasteiger partial charge in [0, 0.05) is 24.3 Å². The van der Waals surface area contributed by atoms with Crippen molar-refractivity contribution in [1.82, 2.24) is 4.90 Å². The molecule has 2 aromatic carbocycles. The van der Waals surface area contributed by atoms with Gasteiger partial charge in [0.15, 0.2) is 0 Å². The van der Waals surface area contributed by atoms with E-state index in [-0.39, 0.29) is 17.9 Å². The van der Waals surface area contributed by atoms with Gasteiger partial charge in [-0.15, -0.1) is 0 Å². The van der Waals surface area contributed by atoms with E-state index in [0.717, 1.165) is 41.8 Å². The second kappa shape index (κ2) is 9.96. The number of carbonyl (C=O) groups excluding carboxylic acids is 2. The first-order valence-electron chi connectivity index (χ1n) is 10.1. The predicted molar refractivity (Wildman–Crippen MR) is 113 cm³/mol. The molecule has 1 aliphatic heterocycles. The lowest BCUT2D eigenvalue weighted by Crippen LogP contribution is -2.44. The Kier molecular flexibility index (Phi) is 7.11. The molecular weight excluding hydrogens is 368 g/mol. The number of para-hydroxylation sites is 1. The van der Waals surface area contributed by atoms with Crippen LogP contribution in [0, 0.1) is 5.92 Å². The predicted octanol–water partition coefficient (Wildman–Crippen LogP) is 4.56. The number of ether oxygens (including phenoxy) is 2. The first kappa shape index (κ1) is 20.7. The van der Waals surface area contributed by atoms with Gasteiger partial charge in [0.1, 0.15) is 5.75 Å². The summed E-state index contributed by atoms with van der Waals surface area (Å²) < 4.78 is 10.4. The summed E-state index contributed by atoms with van der Waals surface area (Å²) in [5.41, 5.74) is 2.70. The molecule has 3 rings (SSSR count). The number of carbonyl (C=O) groups is 2. The number of anilines is 1. The monoisotopic (exact) mass is 396 g/mol. The zero-order valence-electron chi connectivity index (χ0n) is 17.0. The highest BCUT2D eigenvalue weighted by molar-refractivity contribution is 5.97. The average molecular weight is 396 g/mol. The zero-order valence-corrected chi connectivity index (χ0v) is 17.0. The Hall–Kier alpha value is -3.02. The molecule has 2 amide bonds. The molecule has 0 bridgehead atoms. The normalized spacial score (nSPS) is 16.2. The number of amides is 2. The van der Waals surface area contributed by atoms with E-state index in [1.807, 2.05) is 55.5 Å². The maximum absolute atomic E-state index is 12.9. The quantitative estimate of drug-likeness (QED) is 0.777. The number of nitrogens with one attached hydrogen (secondary N) is 1. The van der Waals surface area contributed by atoms with Gasteiger partial charge in [-0.1, -0.05) is 37.3 Å². The van der Waals surface area contributed by atoms with Crippen molar-refractivity contribution in [2.45, 2.75) is 26.2 Å². The molecule has 0 aliphatic carbocycles. The Balaban J connectivity index is 1.69. The van der Waals surface area contributed by atoms with Gasteiger partial charge in [-0.25, -0.2) is 4.79 Å². The van der Waals surface area contributed by atoms with Crippen LogP contribution in [0.3, 0.4) is 0 Å². The molecule has 1 unspecified atom stereocenters. The van der Waals surface area contributed by atoms with E-state index >= 15 is 0 Å². The molecule has 6 nitrogen and oxygen atoms in total. The summed E-state index contributed by atoms with van der Waals surface area (Å²) in [5.74, 6) is 0.466. The molecule has 154 valence electrons. The van der Waals surface area contributed by atoms with E-state index in [1.54, 1.807) is 12.0 Å². The molecule has 1 fully saturated rings. The minimum atomic E-state index is -0.331. The van der Waals surface area contributed by atoms with Gasteiger partial charge in [-0.05, 0) is 43.0 Å². The Morgan fingerprint density at radius 1 is 1.14 bits per heavy atom. The van der Waals surface area contributed by atoms with Gasteiger partial charge in [0.25, 0.3) is 0 Å². The fourth-order valence-electron chi connectivity index (χ4n) is 3.49. The fraction of sp³-hybridized carbons (Fsp3) is 0.391. The molecular formula is C23H28N2O4. The van der Waals surface area contributed by atoms with Crippen LogP contribution in [0.15, 0.2) is 48.5 Å². The van der Waals surface area contributed by atoms with E-state index in [9.17, 15) is 9.59 Å². The van der Waals surface area contributed by atoms with E-state index in [4.69, 9.17) is 9.47 Å². The van der Waals surface area contributed by atoms with Crippen LogP contribution in [-0.4, -0.2) is 43.7 Å². The van der Waals surface area contributed by atoms with Crippen molar-refractivity contribution in [3.63, 3.8) is 0 Å². The molecule has 29 heavy (non-hydrogen) atoms. The van der Waals surface area contributed by atoms with Gasteiger partial charge in [-0.2, -0.15) is 0 Å². The standard InChI is InChI=1S/C23H28N2O4/c1-3-15-29-23(27)25-14-6-7-18(16-25)22(26)24-21-9-5-4-8-20(21)17-10-12-19(28-2)13-11-17/h4-5,8-13,18H,3,6-7,14-16H2,1-2H3,(H,24,26). The van der Waals surface area contributed by atoms with Crippen LogP contribution in [0.5, 0.6) is 5.75 Å². The summed E-state index contributed by atoms with van der Waals surface area (Å²) in [6, 6.07) is 15.5. The van der Waals surface area contributed by atoms with Gasteiger partial charge in [0.2, 0.25) is 5.91 Å². The third-order valence-corrected chi connectivity index (χ3v) is 5.07. The molecule has 2 aromatic rings. The van der Waals surface area contributed by atoms with E-state index in [1.165, 1.54) is 0 Å². The average Bonchev–Trinajstić information content (AvgIpc) is 2.78. The van der Waals surface area contributed by atoms with Crippen molar-refractivity contribution in [1.29, 1.82) is 0 Å². The summed E-state index contributed by atoms with van der Waals surface area (Å²) in [6.07, 6.45) is 2.00. The lowest BCUT2D eigenvalue weighted by Gasteiger charge is -2.31. The van der Waals surface area contributed by atoms with Crippen LogP contribution in [-0.2, 0) is 9.53 Å². The van der Waals surface area contributed by atoms with Crippen molar-refractivity contribution in [2.75, 3.05) is 32.1 Å². The van der Waals surface area contributed by atoms with Gasteiger partial charge >= 0.3 is 6.09 Å². The van der Waals surface area contributed by atoms with Crippen LogP contribution in [0.2, 0.25) is 0 Å². The highest BCUT2D eigenvalue weighted by atomic mass is 16.6.